The number of nitrogens with zero attached hydrogens (tertiary/aromatic N) is 3. The first-order valence-corrected chi connectivity index (χ1v) is 10.1. The Morgan fingerprint density at radius 1 is 1.27 bits per heavy atom. The van der Waals surface area contributed by atoms with Gasteiger partial charge in [0.05, 0.1) is 23.2 Å². The summed E-state index contributed by atoms with van der Waals surface area (Å²) in [6, 6.07) is 3.36. The first-order chi connectivity index (χ1) is 15.4. The molecule has 2 N–H and O–H groups in total. The molecule has 0 saturated carbocycles. The second kappa shape index (κ2) is 8.72. The van der Waals surface area contributed by atoms with Crippen LogP contribution in [0, 0.1) is 5.41 Å². The fourth-order valence-electron chi connectivity index (χ4n) is 3.76. The van der Waals surface area contributed by atoms with Crippen molar-refractivity contribution < 1.29 is 27.6 Å². The summed E-state index contributed by atoms with van der Waals surface area (Å²) in [4.78, 5) is 40.1. The van der Waals surface area contributed by atoms with Crippen LogP contribution in [0.1, 0.15) is 25.0 Å². The molecule has 0 fully saturated rings. The smallest absolute Gasteiger partial charge is 0.358 e. The lowest BCUT2D eigenvalue weighted by molar-refractivity contribution is -0.138. The van der Waals surface area contributed by atoms with E-state index in [1.54, 1.807) is 31.0 Å². The SMILES string of the molecule is CNC(=O)C1(C)C=C(C(=O)NCc2cnn(C)c2)C(=O)N(c2cccc(C(F)(F)F)c2)C1C. The lowest BCUT2D eigenvalue weighted by atomic mass is 9.76. The second-order valence-corrected chi connectivity index (χ2v) is 8.02. The first kappa shape index (κ1) is 24.0. The van der Waals surface area contributed by atoms with Gasteiger partial charge in [-0.25, -0.2) is 0 Å². The van der Waals surface area contributed by atoms with E-state index in [-0.39, 0.29) is 17.8 Å². The molecule has 0 aliphatic carbocycles. The zero-order valence-electron chi connectivity index (χ0n) is 18.5. The maximum absolute atomic E-state index is 13.3. The molecule has 1 aromatic heterocycles. The summed E-state index contributed by atoms with van der Waals surface area (Å²) < 4.78 is 41.4. The number of hydrogen-bond donors (Lipinski definition) is 2. The largest absolute Gasteiger partial charge is 0.416 e. The minimum atomic E-state index is -4.62. The highest BCUT2D eigenvalue weighted by molar-refractivity contribution is 6.25. The van der Waals surface area contributed by atoms with Gasteiger partial charge in [-0.05, 0) is 38.1 Å². The fourth-order valence-corrected chi connectivity index (χ4v) is 3.76. The van der Waals surface area contributed by atoms with E-state index in [2.05, 4.69) is 15.7 Å². The van der Waals surface area contributed by atoms with Crippen LogP contribution >= 0.6 is 0 Å². The van der Waals surface area contributed by atoms with Crippen molar-refractivity contribution in [1.82, 2.24) is 20.4 Å². The summed E-state index contributed by atoms with van der Waals surface area (Å²) in [7, 11) is 3.11. The number of anilines is 1. The summed E-state index contributed by atoms with van der Waals surface area (Å²) in [5.41, 5.74) is -2.04. The van der Waals surface area contributed by atoms with Gasteiger partial charge in [0.15, 0.2) is 0 Å². The van der Waals surface area contributed by atoms with Gasteiger partial charge >= 0.3 is 6.18 Å². The Bertz CT molecular complexity index is 1120. The third kappa shape index (κ3) is 4.62. The number of alkyl halides is 3. The van der Waals surface area contributed by atoms with Crippen LogP contribution in [-0.4, -0.2) is 40.6 Å². The van der Waals surface area contributed by atoms with Crippen LogP contribution < -0.4 is 15.5 Å². The third-order valence-electron chi connectivity index (χ3n) is 5.77. The van der Waals surface area contributed by atoms with Gasteiger partial charge < -0.3 is 15.5 Å². The zero-order chi connectivity index (χ0) is 24.6. The Balaban J connectivity index is 2.02. The molecule has 8 nitrogen and oxygen atoms in total. The van der Waals surface area contributed by atoms with Crippen LogP contribution in [0.15, 0.2) is 48.3 Å². The number of carbonyl (C=O) groups is 3. The standard InChI is InChI=1S/C22H24F3N5O3/c1-13-21(2,20(33)26-3)9-17(18(31)27-10-14-11-28-29(4)12-14)19(32)30(13)16-7-5-6-15(8-16)22(23,24)25/h5-9,11-13H,10H2,1-4H3,(H,26,33)(H,27,31). The summed E-state index contributed by atoms with van der Waals surface area (Å²) in [5, 5.41) is 9.11. The van der Waals surface area contributed by atoms with Crippen LogP contribution in [0.4, 0.5) is 18.9 Å². The van der Waals surface area contributed by atoms with Gasteiger partial charge in [-0.3, -0.25) is 19.1 Å². The molecule has 2 atom stereocenters. The molecule has 2 unspecified atom stereocenters. The third-order valence-corrected chi connectivity index (χ3v) is 5.77. The van der Waals surface area contributed by atoms with Crippen LogP contribution in [-0.2, 0) is 34.2 Å². The Hall–Kier alpha value is -3.63. The van der Waals surface area contributed by atoms with E-state index in [9.17, 15) is 27.6 Å². The van der Waals surface area contributed by atoms with Gasteiger partial charge in [0.2, 0.25) is 5.91 Å². The van der Waals surface area contributed by atoms with E-state index in [0.717, 1.165) is 17.0 Å². The van der Waals surface area contributed by atoms with Crippen LogP contribution in [0.3, 0.4) is 0 Å². The van der Waals surface area contributed by atoms with E-state index >= 15 is 0 Å². The first-order valence-electron chi connectivity index (χ1n) is 10.1. The van der Waals surface area contributed by atoms with Crippen molar-refractivity contribution in [3.63, 3.8) is 0 Å². The number of amides is 3. The monoisotopic (exact) mass is 463 g/mol. The van der Waals surface area contributed by atoms with Crippen LogP contribution in [0.5, 0.6) is 0 Å². The summed E-state index contributed by atoms with van der Waals surface area (Å²) in [6.45, 7) is 3.15. The van der Waals surface area contributed by atoms with Gasteiger partial charge in [0.1, 0.15) is 5.57 Å². The molecule has 1 aliphatic rings. The molecular weight excluding hydrogens is 439 g/mol. The maximum Gasteiger partial charge on any atom is 0.416 e. The fraction of sp³-hybridized carbons (Fsp3) is 0.364. The predicted octanol–water partition coefficient (Wildman–Crippen LogP) is 2.17. The van der Waals surface area contributed by atoms with Gasteiger partial charge in [-0.1, -0.05) is 6.07 Å². The van der Waals surface area contributed by atoms with Crippen molar-refractivity contribution in [1.29, 1.82) is 0 Å². The van der Waals surface area contributed by atoms with E-state index in [0.29, 0.717) is 5.56 Å². The molecule has 1 aromatic carbocycles. The van der Waals surface area contributed by atoms with Crippen molar-refractivity contribution in [2.75, 3.05) is 11.9 Å². The molecule has 0 spiro atoms. The molecule has 2 heterocycles. The van der Waals surface area contributed by atoms with Crippen molar-refractivity contribution in [2.24, 2.45) is 12.5 Å². The number of halogens is 3. The Morgan fingerprint density at radius 3 is 2.55 bits per heavy atom. The number of aryl methyl sites for hydroxylation is 1. The van der Waals surface area contributed by atoms with Crippen molar-refractivity contribution in [2.45, 2.75) is 32.6 Å². The molecule has 0 saturated heterocycles. The van der Waals surface area contributed by atoms with Crippen LogP contribution in [0.25, 0.3) is 0 Å². The number of benzene rings is 1. The predicted molar refractivity (Wildman–Crippen MR) is 114 cm³/mol. The van der Waals surface area contributed by atoms with Crippen molar-refractivity contribution in [3.8, 4) is 0 Å². The molecule has 2 aromatic rings. The zero-order valence-corrected chi connectivity index (χ0v) is 18.5. The van der Waals surface area contributed by atoms with Gasteiger partial charge in [-0.2, -0.15) is 18.3 Å². The molecule has 3 amide bonds. The number of carbonyl (C=O) groups excluding carboxylic acids is 3. The van der Waals surface area contributed by atoms with Gasteiger partial charge in [-0.15, -0.1) is 0 Å². The van der Waals surface area contributed by atoms with E-state index < -0.39 is 40.9 Å². The second-order valence-electron chi connectivity index (χ2n) is 8.02. The van der Waals surface area contributed by atoms with E-state index in [4.69, 9.17) is 0 Å². The van der Waals surface area contributed by atoms with Crippen LogP contribution in [0.2, 0.25) is 0 Å². The molecule has 1 aliphatic heterocycles. The lowest BCUT2D eigenvalue weighted by Crippen LogP contribution is -2.58. The van der Waals surface area contributed by atoms with Gasteiger partial charge in [0, 0.05) is 38.1 Å². The van der Waals surface area contributed by atoms with Crippen molar-refractivity contribution in [3.05, 3.63) is 59.4 Å². The summed E-state index contributed by atoms with van der Waals surface area (Å²) in [6.07, 6.45) is -0.116. The molecule has 0 radical (unpaired) electrons. The Morgan fingerprint density at radius 2 is 1.97 bits per heavy atom. The molecule has 176 valence electrons. The quantitative estimate of drug-likeness (QED) is 0.665. The number of hydrogen-bond acceptors (Lipinski definition) is 4. The van der Waals surface area contributed by atoms with E-state index in [1.165, 1.54) is 32.2 Å². The normalized spacial score (nSPS) is 20.9. The highest BCUT2D eigenvalue weighted by Crippen LogP contribution is 2.39. The number of aromatic nitrogens is 2. The maximum atomic E-state index is 13.3. The number of rotatable bonds is 5. The average Bonchev–Trinajstić information content (AvgIpc) is 3.19. The Kier molecular flexibility index (Phi) is 6.35. The molecule has 33 heavy (non-hydrogen) atoms. The van der Waals surface area contributed by atoms with Gasteiger partial charge in [0.25, 0.3) is 11.8 Å². The van der Waals surface area contributed by atoms with Crippen molar-refractivity contribution >= 4 is 23.4 Å². The Labute approximate surface area is 188 Å². The number of nitrogens with one attached hydrogen (secondary N) is 2. The average molecular weight is 463 g/mol. The molecule has 0 bridgehead atoms. The lowest BCUT2D eigenvalue weighted by Gasteiger charge is -2.43. The minimum absolute atomic E-state index is 0.0666. The highest BCUT2D eigenvalue weighted by Gasteiger charge is 2.48. The minimum Gasteiger partial charge on any atom is -0.358 e. The summed E-state index contributed by atoms with van der Waals surface area (Å²) in [5.74, 6) is -2.04. The topological polar surface area (TPSA) is 96.3 Å². The van der Waals surface area contributed by atoms with E-state index in [1.807, 2.05) is 0 Å². The summed E-state index contributed by atoms with van der Waals surface area (Å²) >= 11 is 0. The molecule has 3 rings (SSSR count). The highest BCUT2D eigenvalue weighted by atomic mass is 19.4. The molecule has 11 heteroatoms. The molecular formula is C22H24F3N5O3.